The summed E-state index contributed by atoms with van der Waals surface area (Å²) in [7, 11) is 0. The van der Waals surface area contributed by atoms with Crippen LogP contribution in [0.15, 0.2) is 24.3 Å². The fourth-order valence-electron chi connectivity index (χ4n) is 1.03. The predicted molar refractivity (Wildman–Crippen MR) is 48.7 cm³/mol. The average molecular weight is 180 g/mol. The highest BCUT2D eigenvalue weighted by atomic mass is 16.3. The molecule has 0 aliphatic rings. The minimum Gasteiger partial charge on any atom is -0.508 e. The summed E-state index contributed by atoms with van der Waals surface area (Å²) in [6, 6.07) is 5.99. The zero-order valence-electron chi connectivity index (χ0n) is 7.40. The Bertz CT molecular complexity index is 288. The second kappa shape index (κ2) is 4.05. The molecule has 0 heterocycles. The Balaban J connectivity index is 2.72. The molecule has 0 amide bonds. The molecule has 3 nitrogen and oxygen atoms in total. The van der Waals surface area contributed by atoms with Crippen molar-refractivity contribution in [2.75, 3.05) is 0 Å². The van der Waals surface area contributed by atoms with Gasteiger partial charge in [0.1, 0.15) is 5.75 Å². The maximum Gasteiger partial charge on any atom is 0.165 e. The van der Waals surface area contributed by atoms with Gasteiger partial charge in [-0.05, 0) is 31.2 Å². The first-order valence-corrected chi connectivity index (χ1v) is 4.10. The first-order valence-electron chi connectivity index (χ1n) is 4.10. The van der Waals surface area contributed by atoms with Gasteiger partial charge in [0.15, 0.2) is 5.78 Å². The van der Waals surface area contributed by atoms with E-state index in [9.17, 15) is 4.79 Å². The number of carbonyl (C=O) groups is 1. The number of aliphatic hydroxyl groups excluding tert-OH is 1. The van der Waals surface area contributed by atoms with Crippen LogP contribution in [-0.4, -0.2) is 22.1 Å². The van der Waals surface area contributed by atoms with Crippen molar-refractivity contribution in [3.63, 3.8) is 0 Å². The highest BCUT2D eigenvalue weighted by molar-refractivity contribution is 5.96. The van der Waals surface area contributed by atoms with E-state index in [4.69, 9.17) is 10.2 Å². The number of hydrogen-bond acceptors (Lipinski definition) is 3. The third-order valence-electron chi connectivity index (χ3n) is 1.67. The van der Waals surface area contributed by atoms with Crippen LogP contribution in [0.4, 0.5) is 0 Å². The highest BCUT2D eigenvalue weighted by Gasteiger charge is 2.08. The van der Waals surface area contributed by atoms with Crippen LogP contribution in [-0.2, 0) is 0 Å². The topological polar surface area (TPSA) is 57.5 Å². The molecule has 0 bridgehead atoms. The van der Waals surface area contributed by atoms with Crippen LogP contribution in [0, 0.1) is 0 Å². The lowest BCUT2D eigenvalue weighted by Gasteiger charge is -2.02. The first-order chi connectivity index (χ1) is 6.09. The van der Waals surface area contributed by atoms with Gasteiger partial charge in [-0.3, -0.25) is 4.79 Å². The molecule has 0 aromatic heterocycles. The molecule has 3 heteroatoms. The summed E-state index contributed by atoms with van der Waals surface area (Å²) in [5, 5.41) is 17.9. The van der Waals surface area contributed by atoms with Crippen molar-refractivity contribution >= 4 is 5.78 Å². The highest BCUT2D eigenvalue weighted by Crippen LogP contribution is 2.11. The Morgan fingerprint density at radius 2 is 1.92 bits per heavy atom. The van der Waals surface area contributed by atoms with Gasteiger partial charge in [-0.15, -0.1) is 0 Å². The Kier molecular flexibility index (Phi) is 3.03. The van der Waals surface area contributed by atoms with Crippen molar-refractivity contribution < 1.29 is 15.0 Å². The van der Waals surface area contributed by atoms with E-state index in [1.807, 2.05) is 0 Å². The number of Topliss-reactive ketones (excluding diaryl/α,β-unsaturated/α-hetero) is 1. The van der Waals surface area contributed by atoms with Gasteiger partial charge >= 0.3 is 0 Å². The van der Waals surface area contributed by atoms with E-state index in [1.165, 1.54) is 12.1 Å². The van der Waals surface area contributed by atoms with E-state index in [2.05, 4.69) is 0 Å². The second-order valence-electron chi connectivity index (χ2n) is 3.02. The fraction of sp³-hybridized carbons (Fsp3) is 0.300. The number of carbonyl (C=O) groups excluding carboxylic acids is 1. The first kappa shape index (κ1) is 9.74. The molecule has 0 saturated heterocycles. The van der Waals surface area contributed by atoms with E-state index >= 15 is 0 Å². The van der Waals surface area contributed by atoms with Gasteiger partial charge in [-0.1, -0.05) is 0 Å². The number of ketones is 1. The van der Waals surface area contributed by atoms with Crippen molar-refractivity contribution in [2.24, 2.45) is 0 Å². The van der Waals surface area contributed by atoms with Crippen molar-refractivity contribution in [3.8, 4) is 5.75 Å². The molecule has 2 N–H and O–H groups in total. The maximum atomic E-state index is 11.3. The summed E-state index contributed by atoms with van der Waals surface area (Å²) in [4.78, 5) is 11.3. The van der Waals surface area contributed by atoms with Crippen molar-refractivity contribution in [1.82, 2.24) is 0 Å². The largest absolute Gasteiger partial charge is 0.508 e. The van der Waals surface area contributed by atoms with Crippen LogP contribution in [0.2, 0.25) is 0 Å². The molecule has 0 radical (unpaired) electrons. The molecule has 1 atom stereocenters. The molecule has 0 aliphatic heterocycles. The smallest absolute Gasteiger partial charge is 0.165 e. The van der Waals surface area contributed by atoms with Crippen LogP contribution < -0.4 is 0 Å². The quantitative estimate of drug-likeness (QED) is 0.690. The lowest BCUT2D eigenvalue weighted by atomic mass is 10.1. The summed E-state index contributed by atoms with van der Waals surface area (Å²) < 4.78 is 0. The van der Waals surface area contributed by atoms with Gasteiger partial charge in [0.25, 0.3) is 0 Å². The summed E-state index contributed by atoms with van der Waals surface area (Å²) in [5.74, 6) is 0.0172. The zero-order valence-corrected chi connectivity index (χ0v) is 7.40. The van der Waals surface area contributed by atoms with E-state index in [1.54, 1.807) is 19.1 Å². The number of benzene rings is 1. The van der Waals surface area contributed by atoms with Crippen LogP contribution in [0.25, 0.3) is 0 Å². The van der Waals surface area contributed by atoms with Crippen molar-refractivity contribution in [3.05, 3.63) is 29.8 Å². The van der Waals surface area contributed by atoms with Gasteiger partial charge in [0, 0.05) is 12.0 Å². The van der Waals surface area contributed by atoms with Crippen LogP contribution >= 0.6 is 0 Å². The molecule has 1 aromatic carbocycles. The van der Waals surface area contributed by atoms with E-state index in [-0.39, 0.29) is 18.0 Å². The molecule has 1 aromatic rings. The monoisotopic (exact) mass is 180 g/mol. The SMILES string of the molecule is C[C@H](O)CC(=O)c1ccc(O)cc1. The van der Waals surface area contributed by atoms with E-state index in [0.29, 0.717) is 5.56 Å². The molecular weight excluding hydrogens is 168 g/mol. The zero-order chi connectivity index (χ0) is 9.84. The normalized spacial score (nSPS) is 12.5. The predicted octanol–water partition coefficient (Wildman–Crippen LogP) is 1.35. The van der Waals surface area contributed by atoms with E-state index in [0.717, 1.165) is 0 Å². The summed E-state index contributed by atoms with van der Waals surface area (Å²) in [6.45, 7) is 1.57. The second-order valence-corrected chi connectivity index (χ2v) is 3.02. The molecule has 13 heavy (non-hydrogen) atoms. The number of aromatic hydroxyl groups is 1. The number of aliphatic hydroxyl groups is 1. The van der Waals surface area contributed by atoms with Crippen LogP contribution in [0.5, 0.6) is 5.75 Å². The summed E-state index contributed by atoms with van der Waals surface area (Å²) in [5.41, 5.74) is 0.513. The molecule has 0 saturated carbocycles. The van der Waals surface area contributed by atoms with Gasteiger partial charge in [-0.2, -0.15) is 0 Å². The fourth-order valence-corrected chi connectivity index (χ4v) is 1.03. The summed E-state index contributed by atoms with van der Waals surface area (Å²) in [6.07, 6.45) is -0.508. The lowest BCUT2D eigenvalue weighted by molar-refractivity contribution is 0.0901. The minimum atomic E-state index is -0.624. The van der Waals surface area contributed by atoms with Gasteiger partial charge < -0.3 is 10.2 Å². The Hall–Kier alpha value is -1.35. The Morgan fingerprint density at radius 3 is 2.38 bits per heavy atom. The molecule has 0 unspecified atom stereocenters. The number of phenolic OH excluding ortho intramolecular Hbond substituents is 1. The number of rotatable bonds is 3. The number of phenols is 1. The molecular formula is C10H12O3. The molecule has 1 rings (SSSR count). The molecule has 0 spiro atoms. The maximum absolute atomic E-state index is 11.3. The van der Waals surface area contributed by atoms with Crippen LogP contribution in [0.3, 0.4) is 0 Å². The molecule has 0 aliphatic carbocycles. The van der Waals surface area contributed by atoms with E-state index < -0.39 is 6.10 Å². The minimum absolute atomic E-state index is 0.116. The Labute approximate surface area is 76.6 Å². The summed E-state index contributed by atoms with van der Waals surface area (Å²) >= 11 is 0. The third-order valence-corrected chi connectivity index (χ3v) is 1.67. The standard InChI is InChI=1S/C10H12O3/c1-7(11)6-10(13)8-2-4-9(12)5-3-8/h2-5,7,11-12H,6H2,1H3/t7-/m0/s1. The van der Waals surface area contributed by atoms with Gasteiger partial charge in [0.2, 0.25) is 0 Å². The van der Waals surface area contributed by atoms with Crippen molar-refractivity contribution in [2.45, 2.75) is 19.4 Å². The molecule has 0 fully saturated rings. The van der Waals surface area contributed by atoms with Gasteiger partial charge in [0.05, 0.1) is 6.10 Å². The van der Waals surface area contributed by atoms with Crippen molar-refractivity contribution in [1.29, 1.82) is 0 Å². The van der Waals surface area contributed by atoms with Crippen LogP contribution in [0.1, 0.15) is 23.7 Å². The number of hydrogen-bond donors (Lipinski definition) is 2. The average Bonchev–Trinajstić information content (AvgIpc) is 2.04. The Morgan fingerprint density at radius 1 is 1.38 bits per heavy atom. The van der Waals surface area contributed by atoms with Gasteiger partial charge in [-0.25, -0.2) is 0 Å². The third kappa shape index (κ3) is 2.87. The molecule has 70 valence electrons. The lowest BCUT2D eigenvalue weighted by Crippen LogP contribution is -2.09.